The summed E-state index contributed by atoms with van der Waals surface area (Å²) >= 11 is 1.65. The van der Waals surface area contributed by atoms with Crippen molar-refractivity contribution in [2.24, 2.45) is 10.9 Å². The number of hydrogen-bond donors (Lipinski definition) is 2. The lowest BCUT2D eigenvalue weighted by atomic mass is 10.1. The highest BCUT2D eigenvalue weighted by atomic mass is 32.2. The Morgan fingerprint density at radius 2 is 2.00 bits per heavy atom. The maximum absolute atomic E-state index is 13.5. The van der Waals surface area contributed by atoms with Crippen LogP contribution in [0.2, 0.25) is 0 Å². The second-order valence-electron chi connectivity index (χ2n) is 4.30. The summed E-state index contributed by atoms with van der Waals surface area (Å²) in [5, 5.41) is 11.5. The number of thioether (sulfide) groups is 1. The van der Waals surface area contributed by atoms with Gasteiger partial charge in [0.15, 0.2) is 5.84 Å². The van der Waals surface area contributed by atoms with E-state index in [1.807, 2.05) is 30.5 Å². The Balaban J connectivity index is 2.10. The molecule has 0 spiro atoms. The molecule has 0 bridgehead atoms. The van der Waals surface area contributed by atoms with Crippen molar-refractivity contribution in [2.75, 3.05) is 6.26 Å². The average molecular weight is 306 g/mol. The summed E-state index contributed by atoms with van der Waals surface area (Å²) in [4.78, 5) is 1.14. The van der Waals surface area contributed by atoms with Gasteiger partial charge in [-0.3, -0.25) is 0 Å². The number of nitrogens with zero attached hydrogens (tertiary/aromatic N) is 1. The molecule has 0 radical (unpaired) electrons. The fourth-order valence-corrected chi connectivity index (χ4v) is 2.19. The van der Waals surface area contributed by atoms with Crippen molar-refractivity contribution in [2.45, 2.75) is 11.5 Å². The summed E-state index contributed by atoms with van der Waals surface area (Å²) in [6.45, 7) is 0.197. The van der Waals surface area contributed by atoms with E-state index in [1.54, 1.807) is 17.8 Å². The van der Waals surface area contributed by atoms with Crippen molar-refractivity contribution in [1.29, 1.82) is 0 Å². The lowest BCUT2D eigenvalue weighted by Gasteiger charge is -2.08. The predicted molar refractivity (Wildman–Crippen MR) is 81.5 cm³/mol. The van der Waals surface area contributed by atoms with Gasteiger partial charge in [0, 0.05) is 10.5 Å². The fraction of sp³-hybridized carbons (Fsp3) is 0.133. The van der Waals surface area contributed by atoms with Crippen LogP contribution in [0.25, 0.3) is 0 Å². The van der Waals surface area contributed by atoms with Crippen LogP contribution < -0.4 is 10.5 Å². The minimum Gasteiger partial charge on any atom is -0.489 e. The molecule has 0 heterocycles. The Bertz CT molecular complexity index is 645. The van der Waals surface area contributed by atoms with Gasteiger partial charge in [-0.15, -0.1) is 11.8 Å². The molecule has 0 fully saturated rings. The summed E-state index contributed by atoms with van der Waals surface area (Å²) < 4.78 is 19.1. The maximum Gasteiger partial charge on any atom is 0.170 e. The Hall–Kier alpha value is -2.21. The quantitative estimate of drug-likeness (QED) is 0.293. The van der Waals surface area contributed by atoms with Crippen molar-refractivity contribution in [3.05, 3.63) is 59.4 Å². The number of nitrogens with two attached hydrogens (primary N) is 1. The summed E-state index contributed by atoms with van der Waals surface area (Å²) in [5.74, 6) is 0.0953. The average Bonchev–Trinajstić information content (AvgIpc) is 2.52. The molecular weight excluding hydrogens is 291 g/mol. The zero-order chi connectivity index (χ0) is 15.2. The van der Waals surface area contributed by atoms with E-state index < -0.39 is 5.82 Å². The van der Waals surface area contributed by atoms with Gasteiger partial charge in [-0.1, -0.05) is 5.16 Å². The van der Waals surface area contributed by atoms with Gasteiger partial charge in [0.05, 0.1) is 0 Å². The van der Waals surface area contributed by atoms with Crippen molar-refractivity contribution >= 4 is 17.6 Å². The summed E-state index contributed by atoms with van der Waals surface area (Å²) in [5.41, 5.74) is 6.38. The van der Waals surface area contributed by atoms with Crippen molar-refractivity contribution < 1.29 is 14.3 Å². The van der Waals surface area contributed by atoms with Gasteiger partial charge in [-0.2, -0.15) is 0 Å². The Labute approximate surface area is 126 Å². The maximum atomic E-state index is 13.5. The Morgan fingerprint density at radius 1 is 1.29 bits per heavy atom. The summed E-state index contributed by atoms with van der Waals surface area (Å²) in [6, 6.07) is 11.8. The van der Waals surface area contributed by atoms with Crippen LogP contribution in [0.5, 0.6) is 5.75 Å². The third kappa shape index (κ3) is 4.13. The molecule has 0 aliphatic carbocycles. The predicted octanol–water partition coefficient (Wildman–Crippen LogP) is 3.22. The first kappa shape index (κ1) is 15.2. The normalized spacial score (nSPS) is 11.4. The van der Waals surface area contributed by atoms with E-state index in [9.17, 15) is 4.39 Å². The zero-order valence-electron chi connectivity index (χ0n) is 11.4. The van der Waals surface area contributed by atoms with Crippen LogP contribution in [0, 0.1) is 5.82 Å². The van der Waals surface area contributed by atoms with Gasteiger partial charge in [0.25, 0.3) is 0 Å². The molecule has 0 aromatic heterocycles. The molecule has 0 amide bonds. The molecule has 0 saturated heterocycles. The minimum absolute atomic E-state index is 0.139. The molecule has 0 atom stereocenters. The number of ether oxygens (including phenoxy) is 1. The molecule has 3 N–H and O–H groups in total. The first-order valence-electron chi connectivity index (χ1n) is 6.16. The lowest BCUT2D eigenvalue weighted by Crippen LogP contribution is -2.14. The third-order valence-corrected chi connectivity index (χ3v) is 3.57. The Kier molecular flexibility index (Phi) is 5.05. The molecule has 110 valence electrons. The molecule has 0 aliphatic rings. The number of amidine groups is 1. The van der Waals surface area contributed by atoms with Crippen LogP contribution >= 0.6 is 11.8 Å². The summed E-state index contributed by atoms with van der Waals surface area (Å²) in [6.07, 6.45) is 2.00. The molecule has 2 rings (SSSR count). The number of halogens is 1. The van der Waals surface area contributed by atoms with Crippen molar-refractivity contribution in [1.82, 2.24) is 0 Å². The fourth-order valence-electron chi connectivity index (χ4n) is 1.78. The highest BCUT2D eigenvalue weighted by Gasteiger charge is 2.06. The standard InChI is InChI=1S/C15H15FN2O2S/c1-21-14-4-2-13(3-5-14)20-9-10-6-11(15(17)18-19)8-12(16)7-10/h2-8,19H,9H2,1H3,(H2,17,18). The van der Waals surface area contributed by atoms with Gasteiger partial charge < -0.3 is 15.7 Å². The summed E-state index contributed by atoms with van der Waals surface area (Å²) in [7, 11) is 0. The van der Waals surface area contributed by atoms with E-state index in [1.165, 1.54) is 12.1 Å². The van der Waals surface area contributed by atoms with E-state index in [0.717, 1.165) is 4.90 Å². The molecular formula is C15H15FN2O2S. The van der Waals surface area contributed by atoms with Gasteiger partial charge in [0.1, 0.15) is 18.2 Å². The van der Waals surface area contributed by atoms with E-state index in [-0.39, 0.29) is 12.4 Å². The van der Waals surface area contributed by atoms with Gasteiger partial charge >= 0.3 is 0 Å². The van der Waals surface area contributed by atoms with Crippen molar-refractivity contribution in [3.63, 3.8) is 0 Å². The Morgan fingerprint density at radius 3 is 2.62 bits per heavy atom. The van der Waals surface area contributed by atoms with Gasteiger partial charge in [-0.25, -0.2) is 4.39 Å². The second-order valence-corrected chi connectivity index (χ2v) is 5.18. The zero-order valence-corrected chi connectivity index (χ0v) is 12.2. The molecule has 0 unspecified atom stereocenters. The number of rotatable bonds is 5. The minimum atomic E-state index is -0.463. The van der Waals surface area contributed by atoms with E-state index in [0.29, 0.717) is 16.9 Å². The van der Waals surface area contributed by atoms with Crippen LogP contribution in [0.4, 0.5) is 4.39 Å². The second kappa shape index (κ2) is 6.99. The first-order chi connectivity index (χ1) is 10.1. The number of benzene rings is 2. The van der Waals surface area contributed by atoms with Crippen LogP contribution in [0.15, 0.2) is 52.5 Å². The largest absolute Gasteiger partial charge is 0.489 e. The van der Waals surface area contributed by atoms with Crippen LogP contribution in [0.3, 0.4) is 0 Å². The van der Waals surface area contributed by atoms with E-state index in [4.69, 9.17) is 15.7 Å². The van der Waals surface area contributed by atoms with Gasteiger partial charge in [-0.05, 0) is 54.3 Å². The lowest BCUT2D eigenvalue weighted by molar-refractivity contribution is 0.305. The van der Waals surface area contributed by atoms with Crippen LogP contribution in [-0.4, -0.2) is 17.3 Å². The molecule has 0 saturated carbocycles. The van der Waals surface area contributed by atoms with Gasteiger partial charge in [0.2, 0.25) is 0 Å². The van der Waals surface area contributed by atoms with Crippen LogP contribution in [-0.2, 0) is 6.61 Å². The first-order valence-corrected chi connectivity index (χ1v) is 7.39. The highest BCUT2D eigenvalue weighted by molar-refractivity contribution is 7.98. The smallest absolute Gasteiger partial charge is 0.170 e. The topological polar surface area (TPSA) is 67.8 Å². The monoisotopic (exact) mass is 306 g/mol. The molecule has 0 aliphatic heterocycles. The molecule has 2 aromatic carbocycles. The van der Waals surface area contributed by atoms with E-state index in [2.05, 4.69) is 5.16 Å². The molecule has 6 heteroatoms. The number of oxime groups is 1. The third-order valence-electron chi connectivity index (χ3n) is 2.83. The molecule has 21 heavy (non-hydrogen) atoms. The van der Waals surface area contributed by atoms with E-state index >= 15 is 0 Å². The molecule has 2 aromatic rings. The number of hydrogen-bond acceptors (Lipinski definition) is 4. The van der Waals surface area contributed by atoms with Crippen LogP contribution in [0.1, 0.15) is 11.1 Å². The molecule has 4 nitrogen and oxygen atoms in total. The van der Waals surface area contributed by atoms with Crippen molar-refractivity contribution in [3.8, 4) is 5.75 Å². The SMILES string of the molecule is CSc1ccc(OCc2cc(F)cc(/C(N)=N/O)c2)cc1. The highest BCUT2D eigenvalue weighted by Crippen LogP contribution is 2.20.